The van der Waals surface area contributed by atoms with Crippen LogP contribution in [0, 0.1) is 0 Å². The van der Waals surface area contributed by atoms with Crippen LogP contribution in [0.5, 0.6) is 0 Å². The molecule has 2 amide bonds. The largest absolute Gasteiger partial charge is 0.364 e. The number of halogens is 1. The van der Waals surface area contributed by atoms with Gasteiger partial charge in [0, 0.05) is 23.7 Å². The molecular formula is C14H18ClN5O3S. The summed E-state index contributed by atoms with van der Waals surface area (Å²) in [5.74, 6) is -0.749. The SMILES string of the molecule is Cl.NC[C@H]1CC[C@@H](C(=O)Nc2nc(-c3c[nH]c(C(N)=O)c3)cs2)O1. The van der Waals surface area contributed by atoms with E-state index in [0.29, 0.717) is 29.5 Å². The Morgan fingerprint density at radius 2 is 2.25 bits per heavy atom. The minimum Gasteiger partial charge on any atom is -0.364 e. The maximum Gasteiger partial charge on any atom is 0.265 e. The first-order valence-electron chi connectivity index (χ1n) is 7.17. The fourth-order valence-electron chi connectivity index (χ4n) is 2.41. The Morgan fingerprint density at radius 1 is 1.46 bits per heavy atom. The molecule has 0 bridgehead atoms. The summed E-state index contributed by atoms with van der Waals surface area (Å²) in [6.45, 7) is 0.418. The van der Waals surface area contributed by atoms with Crippen molar-refractivity contribution in [1.29, 1.82) is 0 Å². The summed E-state index contributed by atoms with van der Waals surface area (Å²) in [6.07, 6.45) is 2.56. The molecule has 1 saturated heterocycles. The highest BCUT2D eigenvalue weighted by Gasteiger charge is 2.30. The van der Waals surface area contributed by atoms with Crippen molar-refractivity contribution in [3.8, 4) is 11.3 Å². The van der Waals surface area contributed by atoms with Crippen molar-refractivity contribution in [2.75, 3.05) is 11.9 Å². The van der Waals surface area contributed by atoms with Crippen molar-refractivity contribution in [3.63, 3.8) is 0 Å². The molecule has 0 saturated carbocycles. The number of anilines is 1. The average molecular weight is 372 g/mol. The van der Waals surface area contributed by atoms with Gasteiger partial charge in [0.1, 0.15) is 11.8 Å². The zero-order chi connectivity index (χ0) is 16.4. The molecule has 10 heteroatoms. The number of primary amides is 1. The lowest BCUT2D eigenvalue weighted by Gasteiger charge is -2.11. The van der Waals surface area contributed by atoms with Gasteiger partial charge in [0.05, 0.1) is 11.8 Å². The first-order valence-corrected chi connectivity index (χ1v) is 8.05. The summed E-state index contributed by atoms with van der Waals surface area (Å²) < 4.78 is 5.55. The molecule has 0 spiro atoms. The van der Waals surface area contributed by atoms with E-state index in [2.05, 4.69) is 15.3 Å². The van der Waals surface area contributed by atoms with Gasteiger partial charge in [0.2, 0.25) is 0 Å². The summed E-state index contributed by atoms with van der Waals surface area (Å²) in [6, 6.07) is 1.62. The zero-order valence-electron chi connectivity index (χ0n) is 12.7. The van der Waals surface area contributed by atoms with Gasteiger partial charge in [0.25, 0.3) is 11.8 Å². The Kier molecular flexibility index (Phi) is 5.94. The zero-order valence-corrected chi connectivity index (χ0v) is 14.3. The Balaban J connectivity index is 0.00000208. The normalized spacial score (nSPS) is 19.7. The lowest BCUT2D eigenvalue weighted by molar-refractivity contribution is -0.126. The van der Waals surface area contributed by atoms with Gasteiger partial charge in [-0.3, -0.25) is 14.9 Å². The highest BCUT2D eigenvalue weighted by atomic mass is 35.5. The number of carbonyl (C=O) groups is 2. The molecule has 1 aliphatic heterocycles. The van der Waals surface area contributed by atoms with Gasteiger partial charge in [-0.25, -0.2) is 4.98 Å². The predicted octanol–water partition coefficient (Wildman–Crippen LogP) is 1.10. The molecule has 130 valence electrons. The summed E-state index contributed by atoms with van der Waals surface area (Å²) >= 11 is 1.30. The topological polar surface area (TPSA) is 136 Å². The quantitative estimate of drug-likeness (QED) is 0.624. The number of rotatable bonds is 5. The molecule has 2 aromatic rings. The molecule has 2 atom stereocenters. The summed E-state index contributed by atoms with van der Waals surface area (Å²) in [4.78, 5) is 30.3. The molecule has 2 aromatic heterocycles. The van der Waals surface area contributed by atoms with E-state index < -0.39 is 12.0 Å². The minimum atomic E-state index is -0.534. The van der Waals surface area contributed by atoms with Crippen LogP contribution in [0.25, 0.3) is 11.3 Å². The number of aromatic amines is 1. The van der Waals surface area contributed by atoms with E-state index >= 15 is 0 Å². The smallest absolute Gasteiger partial charge is 0.265 e. The van der Waals surface area contributed by atoms with E-state index in [-0.39, 0.29) is 24.4 Å². The van der Waals surface area contributed by atoms with Gasteiger partial charge >= 0.3 is 0 Å². The molecule has 3 rings (SSSR count). The number of hydrogen-bond donors (Lipinski definition) is 4. The van der Waals surface area contributed by atoms with E-state index in [9.17, 15) is 9.59 Å². The van der Waals surface area contributed by atoms with E-state index in [1.165, 1.54) is 11.3 Å². The second kappa shape index (κ2) is 7.75. The van der Waals surface area contributed by atoms with Gasteiger partial charge in [0.15, 0.2) is 5.13 Å². The van der Waals surface area contributed by atoms with E-state index in [4.69, 9.17) is 16.2 Å². The second-order valence-electron chi connectivity index (χ2n) is 5.25. The number of H-pyrrole nitrogens is 1. The number of ether oxygens (including phenoxy) is 1. The van der Waals surface area contributed by atoms with Crippen molar-refractivity contribution < 1.29 is 14.3 Å². The monoisotopic (exact) mass is 371 g/mol. The lowest BCUT2D eigenvalue weighted by Crippen LogP contribution is -2.29. The summed E-state index contributed by atoms with van der Waals surface area (Å²) in [5.41, 5.74) is 12.4. The van der Waals surface area contributed by atoms with Crippen LogP contribution < -0.4 is 16.8 Å². The van der Waals surface area contributed by atoms with Crippen molar-refractivity contribution in [3.05, 3.63) is 23.3 Å². The first kappa shape index (κ1) is 18.4. The van der Waals surface area contributed by atoms with Crippen LogP contribution in [-0.4, -0.2) is 40.5 Å². The van der Waals surface area contributed by atoms with Gasteiger partial charge in [-0.1, -0.05) is 0 Å². The molecule has 24 heavy (non-hydrogen) atoms. The van der Waals surface area contributed by atoms with Crippen LogP contribution >= 0.6 is 23.7 Å². The third-order valence-corrected chi connectivity index (χ3v) is 4.40. The van der Waals surface area contributed by atoms with Gasteiger partial charge in [-0.2, -0.15) is 0 Å². The number of aromatic nitrogens is 2. The van der Waals surface area contributed by atoms with E-state index in [0.717, 1.165) is 12.0 Å². The minimum absolute atomic E-state index is 0. The number of hydrogen-bond acceptors (Lipinski definition) is 6. The average Bonchev–Trinajstić information content (AvgIpc) is 3.26. The highest BCUT2D eigenvalue weighted by Crippen LogP contribution is 2.26. The van der Waals surface area contributed by atoms with Gasteiger partial charge < -0.3 is 21.2 Å². The van der Waals surface area contributed by atoms with E-state index in [1.54, 1.807) is 17.6 Å². The highest BCUT2D eigenvalue weighted by molar-refractivity contribution is 7.14. The molecule has 0 aromatic carbocycles. The number of carbonyl (C=O) groups excluding carboxylic acids is 2. The number of nitrogens with one attached hydrogen (secondary N) is 2. The molecule has 3 heterocycles. The van der Waals surface area contributed by atoms with Crippen molar-refractivity contribution in [2.24, 2.45) is 11.5 Å². The van der Waals surface area contributed by atoms with Crippen LogP contribution in [0.4, 0.5) is 5.13 Å². The third kappa shape index (κ3) is 3.93. The van der Waals surface area contributed by atoms with E-state index in [1.807, 2.05) is 0 Å². The number of nitrogens with two attached hydrogens (primary N) is 2. The molecule has 1 aliphatic rings. The number of thiazole rings is 1. The van der Waals surface area contributed by atoms with Gasteiger partial charge in [-0.05, 0) is 18.9 Å². The van der Waals surface area contributed by atoms with Crippen molar-refractivity contribution in [2.45, 2.75) is 25.0 Å². The first-order chi connectivity index (χ1) is 11.1. The number of amides is 2. The third-order valence-electron chi connectivity index (χ3n) is 3.64. The van der Waals surface area contributed by atoms with Crippen LogP contribution in [0.15, 0.2) is 17.6 Å². The molecule has 1 fully saturated rings. The van der Waals surface area contributed by atoms with Crippen molar-refractivity contribution in [1.82, 2.24) is 9.97 Å². The fraction of sp³-hybridized carbons (Fsp3) is 0.357. The molecule has 6 N–H and O–H groups in total. The Morgan fingerprint density at radius 3 is 2.88 bits per heavy atom. The van der Waals surface area contributed by atoms with Gasteiger partial charge in [-0.15, -0.1) is 23.7 Å². The molecule has 0 radical (unpaired) electrons. The Hall–Kier alpha value is -1.94. The summed E-state index contributed by atoms with van der Waals surface area (Å²) in [5, 5.41) is 5.02. The molecular weight excluding hydrogens is 354 g/mol. The van der Waals surface area contributed by atoms with Crippen LogP contribution in [-0.2, 0) is 9.53 Å². The number of nitrogens with zero attached hydrogens (tertiary/aromatic N) is 1. The van der Waals surface area contributed by atoms with Crippen LogP contribution in [0.3, 0.4) is 0 Å². The fourth-order valence-corrected chi connectivity index (χ4v) is 3.13. The van der Waals surface area contributed by atoms with Crippen LogP contribution in [0.1, 0.15) is 23.3 Å². The summed E-state index contributed by atoms with van der Waals surface area (Å²) in [7, 11) is 0. The van der Waals surface area contributed by atoms with Crippen LogP contribution in [0.2, 0.25) is 0 Å². The maximum absolute atomic E-state index is 12.1. The molecule has 8 nitrogen and oxygen atoms in total. The van der Waals surface area contributed by atoms with Crippen molar-refractivity contribution >= 4 is 40.7 Å². The predicted molar refractivity (Wildman–Crippen MR) is 93.2 cm³/mol. The standard InChI is InChI=1S/C14H17N5O3S.ClH/c15-4-8-1-2-11(22-8)13(21)19-14-18-10(6-23-14)7-3-9(12(16)20)17-5-7;/h3,5-6,8,11,17H,1-2,4,15H2,(H2,16,20)(H,18,19,21);1H/t8-,11+;/m1./s1. The maximum atomic E-state index is 12.1. The Bertz CT molecular complexity index is 732. The second-order valence-corrected chi connectivity index (χ2v) is 6.11. The molecule has 0 unspecified atom stereocenters. The lowest BCUT2D eigenvalue weighted by atomic mass is 10.2. The Labute approximate surface area is 148 Å². The molecule has 0 aliphatic carbocycles.